The van der Waals surface area contributed by atoms with Gasteiger partial charge in [0.05, 0.1) is 11.6 Å². The maximum Gasteiger partial charge on any atom is 0.164 e. The van der Waals surface area contributed by atoms with Gasteiger partial charge in [-0.2, -0.15) is 0 Å². The molecule has 0 spiro atoms. The van der Waals surface area contributed by atoms with E-state index in [-0.39, 0.29) is 5.78 Å². The van der Waals surface area contributed by atoms with E-state index in [0.29, 0.717) is 17.0 Å². The number of fused-ring (bicyclic) bond motifs is 1. The van der Waals surface area contributed by atoms with Crippen LogP contribution in [0.1, 0.15) is 27.9 Å². The second-order valence-electron chi connectivity index (χ2n) is 5.07. The second kappa shape index (κ2) is 6.20. The molecule has 108 valence electrons. The standard InChI is InChI=1S/C17H14BrClO2/c18-14-3-1-2-13(17(14)19)15(20)6-4-11-5-7-16-12(10-11)8-9-21-16/h1-3,5,7,10H,4,6,8-9H2. The van der Waals surface area contributed by atoms with E-state index in [0.717, 1.165) is 29.7 Å². The molecule has 2 aromatic carbocycles. The van der Waals surface area contributed by atoms with Gasteiger partial charge in [-0.3, -0.25) is 4.79 Å². The Balaban J connectivity index is 1.70. The molecule has 0 radical (unpaired) electrons. The second-order valence-corrected chi connectivity index (χ2v) is 6.30. The van der Waals surface area contributed by atoms with Gasteiger partial charge in [-0.1, -0.05) is 29.8 Å². The van der Waals surface area contributed by atoms with Crippen molar-refractivity contribution in [1.82, 2.24) is 0 Å². The number of rotatable bonds is 4. The molecule has 0 saturated heterocycles. The van der Waals surface area contributed by atoms with Gasteiger partial charge >= 0.3 is 0 Å². The lowest BCUT2D eigenvalue weighted by molar-refractivity contribution is 0.0983. The number of carbonyl (C=O) groups excluding carboxylic acids is 1. The number of aryl methyl sites for hydroxylation is 1. The molecule has 0 bridgehead atoms. The number of ether oxygens (including phenoxy) is 1. The summed E-state index contributed by atoms with van der Waals surface area (Å²) in [4.78, 5) is 12.3. The summed E-state index contributed by atoms with van der Waals surface area (Å²) in [5.41, 5.74) is 2.98. The van der Waals surface area contributed by atoms with Crippen molar-refractivity contribution in [3.8, 4) is 5.75 Å². The number of hydrogen-bond donors (Lipinski definition) is 0. The Morgan fingerprint density at radius 3 is 3.00 bits per heavy atom. The van der Waals surface area contributed by atoms with Crippen molar-refractivity contribution in [2.45, 2.75) is 19.3 Å². The highest BCUT2D eigenvalue weighted by atomic mass is 79.9. The van der Waals surface area contributed by atoms with Crippen molar-refractivity contribution in [2.75, 3.05) is 6.61 Å². The Hall–Kier alpha value is -1.32. The van der Waals surface area contributed by atoms with Crippen molar-refractivity contribution in [3.05, 3.63) is 62.6 Å². The van der Waals surface area contributed by atoms with Crippen LogP contribution >= 0.6 is 27.5 Å². The maximum absolute atomic E-state index is 12.3. The van der Waals surface area contributed by atoms with E-state index in [1.807, 2.05) is 24.3 Å². The van der Waals surface area contributed by atoms with Gasteiger partial charge in [-0.25, -0.2) is 0 Å². The Morgan fingerprint density at radius 1 is 1.29 bits per heavy atom. The molecule has 1 aliphatic rings. The average molecular weight is 366 g/mol. The topological polar surface area (TPSA) is 26.3 Å². The van der Waals surface area contributed by atoms with Gasteiger partial charge < -0.3 is 4.74 Å². The quantitative estimate of drug-likeness (QED) is 0.724. The van der Waals surface area contributed by atoms with Gasteiger partial charge in [-0.05, 0) is 51.7 Å². The van der Waals surface area contributed by atoms with Crippen LogP contribution < -0.4 is 4.74 Å². The van der Waals surface area contributed by atoms with Gasteiger partial charge in [-0.15, -0.1) is 0 Å². The maximum atomic E-state index is 12.3. The molecule has 21 heavy (non-hydrogen) atoms. The minimum absolute atomic E-state index is 0.0676. The zero-order valence-corrected chi connectivity index (χ0v) is 13.7. The molecule has 0 N–H and O–H groups in total. The SMILES string of the molecule is O=C(CCc1ccc2c(c1)CCO2)c1cccc(Br)c1Cl. The van der Waals surface area contributed by atoms with E-state index in [2.05, 4.69) is 22.0 Å². The zero-order valence-electron chi connectivity index (χ0n) is 11.4. The van der Waals surface area contributed by atoms with Crippen LogP contribution in [0.15, 0.2) is 40.9 Å². The van der Waals surface area contributed by atoms with E-state index in [1.165, 1.54) is 11.1 Å². The van der Waals surface area contributed by atoms with Crippen molar-refractivity contribution < 1.29 is 9.53 Å². The van der Waals surface area contributed by atoms with Crippen LogP contribution in [-0.4, -0.2) is 12.4 Å². The van der Waals surface area contributed by atoms with Crippen LogP contribution in [0.4, 0.5) is 0 Å². The van der Waals surface area contributed by atoms with Crippen LogP contribution in [0.25, 0.3) is 0 Å². The molecular weight excluding hydrogens is 352 g/mol. The Kier molecular flexibility index (Phi) is 4.32. The third kappa shape index (κ3) is 3.14. The number of benzene rings is 2. The fourth-order valence-corrected chi connectivity index (χ4v) is 3.10. The Labute approximate surface area is 137 Å². The van der Waals surface area contributed by atoms with Crippen molar-refractivity contribution in [3.63, 3.8) is 0 Å². The molecule has 0 aliphatic carbocycles. The Bertz CT molecular complexity index is 697. The van der Waals surface area contributed by atoms with Crippen molar-refractivity contribution in [2.24, 2.45) is 0 Å². The van der Waals surface area contributed by atoms with Crippen LogP contribution in [0, 0.1) is 0 Å². The molecule has 1 heterocycles. The predicted octanol–water partition coefficient (Wildman–Crippen LogP) is 4.85. The van der Waals surface area contributed by atoms with E-state index in [4.69, 9.17) is 16.3 Å². The summed E-state index contributed by atoms with van der Waals surface area (Å²) in [6.45, 7) is 0.755. The predicted molar refractivity (Wildman–Crippen MR) is 87.4 cm³/mol. The summed E-state index contributed by atoms with van der Waals surface area (Å²) in [5, 5.41) is 0.491. The fourth-order valence-electron chi connectivity index (χ4n) is 2.51. The lowest BCUT2D eigenvalue weighted by Gasteiger charge is -2.06. The molecule has 0 fully saturated rings. The molecule has 3 rings (SSSR count). The number of Topliss-reactive ketones (excluding diaryl/α,β-unsaturated/α-hetero) is 1. The molecule has 2 nitrogen and oxygen atoms in total. The number of ketones is 1. The minimum atomic E-state index is 0.0676. The van der Waals surface area contributed by atoms with E-state index in [9.17, 15) is 4.79 Å². The van der Waals surface area contributed by atoms with Crippen LogP contribution in [-0.2, 0) is 12.8 Å². The number of carbonyl (C=O) groups is 1. The monoisotopic (exact) mass is 364 g/mol. The number of halogens is 2. The summed E-state index contributed by atoms with van der Waals surface area (Å²) >= 11 is 9.51. The normalized spacial score (nSPS) is 12.9. The minimum Gasteiger partial charge on any atom is -0.493 e. The summed E-state index contributed by atoms with van der Waals surface area (Å²) in [6.07, 6.45) is 2.12. The molecule has 1 aliphatic heterocycles. The largest absolute Gasteiger partial charge is 0.493 e. The molecule has 2 aromatic rings. The van der Waals surface area contributed by atoms with Gasteiger partial charge in [0, 0.05) is 22.9 Å². The first kappa shape index (κ1) is 14.6. The lowest BCUT2D eigenvalue weighted by Crippen LogP contribution is -2.02. The van der Waals surface area contributed by atoms with Crippen LogP contribution in [0.3, 0.4) is 0 Å². The smallest absolute Gasteiger partial charge is 0.164 e. The van der Waals surface area contributed by atoms with Gasteiger partial charge in [0.15, 0.2) is 5.78 Å². The number of hydrogen-bond acceptors (Lipinski definition) is 2. The van der Waals surface area contributed by atoms with Gasteiger partial charge in [0.2, 0.25) is 0 Å². The van der Waals surface area contributed by atoms with E-state index >= 15 is 0 Å². The first-order valence-corrected chi connectivity index (χ1v) is 8.04. The van der Waals surface area contributed by atoms with Gasteiger partial charge in [0.1, 0.15) is 5.75 Å². The molecular formula is C17H14BrClO2. The summed E-state index contributed by atoms with van der Waals surface area (Å²) < 4.78 is 6.24. The molecule has 4 heteroatoms. The third-order valence-corrected chi connectivity index (χ3v) is 4.94. The highest BCUT2D eigenvalue weighted by Crippen LogP contribution is 2.28. The van der Waals surface area contributed by atoms with Crippen LogP contribution in [0.5, 0.6) is 5.75 Å². The first-order chi connectivity index (χ1) is 10.1. The molecule has 0 amide bonds. The summed E-state index contributed by atoms with van der Waals surface area (Å²) in [7, 11) is 0. The Morgan fingerprint density at radius 2 is 2.14 bits per heavy atom. The summed E-state index contributed by atoms with van der Waals surface area (Å²) in [5.74, 6) is 1.04. The van der Waals surface area contributed by atoms with E-state index < -0.39 is 0 Å². The molecule has 0 aromatic heterocycles. The third-order valence-electron chi connectivity index (χ3n) is 3.65. The molecule has 0 saturated carbocycles. The van der Waals surface area contributed by atoms with Crippen molar-refractivity contribution >= 4 is 33.3 Å². The lowest BCUT2D eigenvalue weighted by atomic mass is 10.0. The van der Waals surface area contributed by atoms with Gasteiger partial charge in [0.25, 0.3) is 0 Å². The average Bonchev–Trinajstić information content (AvgIpc) is 2.95. The first-order valence-electron chi connectivity index (χ1n) is 6.87. The highest BCUT2D eigenvalue weighted by molar-refractivity contribution is 9.10. The zero-order chi connectivity index (χ0) is 14.8. The van der Waals surface area contributed by atoms with Crippen LogP contribution in [0.2, 0.25) is 5.02 Å². The molecule has 0 atom stereocenters. The van der Waals surface area contributed by atoms with Crippen molar-refractivity contribution in [1.29, 1.82) is 0 Å². The molecule has 0 unspecified atom stereocenters. The fraction of sp³-hybridized carbons (Fsp3) is 0.235. The van der Waals surface area contributed by atoms with E-state index in [1.54, 1.807) is 6.07 Å². The highest BCUT2D eigenvalue weighted by Gasteiger charge is 2.14. The summed E-state index contributed by atoms with van der Waals surface area (Å²) in [6, 6.07) is 11.6.